The summed E-state index contributed by atoms with van der Waals surface area (Å²) in [6.45, 7) is 3.70. The molecule has 2 rings (SSSR count). The Hall–Kier alpha value is -2.31. The first-order valence-corrected chi connectivity index (χ1v) is 5.54. The number of urea groups is 1. The van der Waals surface area contributed by atoms with Crippen LogP contribution >= 0.6 is 0 Å². The van der Waals surface area contributed by atoms with Gasteiger partial charge in [-0.1, -0.05) is 0 Å². The molecule has 2 aromatic heterocycles. The smallest absolute Gasteiger partial charge is 0.322 e. The van der Waals surface area contributed by atoms with Crippen LogP contribution in [0.5, 0.6) is 0 Å². The highest BCUT2D eigenvalue weighted by atomic mass is 16.3. The van der Waals surface area contributed by atoms with Crippen LogP contribution in [0.25, 0.3) is 0 Å². The SMILES string of the molecule is Cc1ccc([C@@H](C)NC(=O)Nc2ncnn2C)o1. The summed E-state index contributed by atoms with van der Waals surface area (Å²) >= 11 is 0. The van der Waals surface area contributed by atoms with Crippen molar-refractivity contribution in [3.05, 3.63) is 30.0 Å². The summed E-state index contributed by atoms with van der Waals surface area (Å²) in [5.41, 5.74) is 0. The van der Waals surface area contributed by atoms with Gasteiger partial charge in [-0.05, 0) is 26.0 Å². The zero-order valence-corrected chi connectivity index (χ0v) is 10.5. The maximum Gasteiger partial charge on any atom is 0.322 e. The monoisotopic (exact) mass is 249 g/mol. The predicted molar refractivity (Wildman–Crippen MR) is 65.0 cm³/mol. The Morgan fingerprint density at radius 1 is 1.50 bits per heavy atom. The van der Waals surface area contributed by atoms with Crippen molar-refractivity contribution in [2.75, 3.05) is 5.32 Å². The van der Waals surface area contributed by atoms with Gasteiger partial charge in [0.15, 0.2) is 0 Å². The molecule has 0 spiro atoms. The Kier molecular flexibility index (Phi) is 3.31. The predicted octanol–water partition coefficient (Wildman–Crippen LogP) is 1.60. The van der Waals surface area contributed by atoms with Crippen molar-refractivity contribution in [1.82, 2.24) is 20.1 Å². The number of carbonyl (C=O) groups is 1. The molecule has 96 valence electrons. The first kappa shape index (κ1) is 12.2. The molecular weight excluding hydrogens is 234 g/mol. The van der Waals surface area contributed by atoms with Crippen molar-refractivity contribution in [2.45, 2.75) is 19.9 Å². The number of anilines is 1. The number of rotatable bonds is 3. The second kappa shape index (κ2) is 4.91. The molecule has 0 aliphatic rings. The maximum absolute atomic E-state index is 11.7. The van der Waals surface area contributed by atoms with E-state index >= 15 is 0 Å². The van der Waals surface area contributed by atoms with Crippen LogP contribution in [0.2, 0.25) is 0 Å². The van der Waals surface area contributed by atoms with Crippen LogP contribution in [0.15, 0.2) is 22.9 Å². The van der Waals surface area contributed by atoms with Crippen LogP contribution in [-0.2, 0) is 7.05 Å². The number of furan rings is 1. The van der Waals surface area contributed by atoms with Gasteiger partial charge in [-0.2, -0.15) is 10.1 Å². The van der Waals surface area contributed by atoms with E-state index in [4.69, 9.17) is 4.42 Å². The largest absolute Gasteiger partial charge is 0.464 e. The fourth-order valence-electron chi connectivity index (χ4n) is 1.50. The van der Waals surface area contributed by atoms with Gasteiger partial charge in [-0.3, -0.25) is 5.32 Å². The Morgan fingerprint density at radius 3 is 2.83 bits per heavy atom. The number of hydrogen-bond donors (Lipinski definition) is 2. The van der Waals surface area contributed by atoms with Crippen molar-refractivity contribution in [3.63, 3.8) is 0 Å². The van der Waals surface area contributed by atoms with Crippen LogP contribution in [0, 0.1) is 6.92 Å². The summed E-state index contributed by atoms with van der Waals surface area (Å²) in [5, 5.41) is 9.20. The molecule has 0 unspecified atom stereocenters. The molecule has 2 N–H and O–H groups in total. The second-order valence-electron chi connectivity index (χ2n) is 3.98. The summed E-state index contributed by atoms with van der Waals surface area (Å²) in [4.78, 5) is 15.6. The molecule has 0 aliphatic heterocycles. The third-order valence-corrected chi connectivity index (χ3v) is 2.47. The van der Waals surface area contributed by atoms with E-state index in [1.54, 1.807) is 7.05 Å². The Labute approximate surface area is 104 Å². The third kappa shape index (κ3) is 2.68. The van der Waals surface area contributed by atoms with Gasteiger partial charge in [0.1, 0.15) is 17.8 Å². The Bertz CT molecular complexity index is 545. The van der Waals surface area contributed by atoms with E-state index in [1.807, 2.05) is 26.0 Å². The second-order valence-corrected chi connectivity index (χ2v) is 3.98. The van der Waals surface area contributed by atoms with E-state index < -0.39 is 0 Å². The zero-order chi connectivity index (χ0) is 13.1. The number of nitrogens with one attached hydrogen (secondary N) is 2. The van der Waals surface area contributed by atoms with Crippen LogP contribution in [0.1, 0.15) is 24.5 Å². The van der Waals surface area contributed by atoms with Gasteiger partial charge in [0, 0.05) is 7.05 Å². The third-order valence-electron chi connectivity index (χ3n) is 2.47. The molecule has 1 atom stereocenters. The molecule has 7 heteroatoms. The average Bonchev–Trinajstić information content (AvgIpc) is 2.89. The molecule has 0 radical (unpaired) electrons. The van der Waals surface area contributed by atoms with Gasteiger partial charge in [0.25, 0.3) is 0 Å². The van der Waals surface area contributed by atoms with Crippen LogP contribution in [0.3, 0.4) is 0 Å². The molecule has 18 heavy (non-hydrogen) atoms. The van der Waals surface area contributed by atoms with Gasteiger partial charge >= 0.3 is 6.03 Å². The molecule has 0 saturated carbocycles. The van der Waals surface area contributed by atoms with Gasteiger partial charge in [-0.25, -0.2) is 9.48 Å². The summed E-state index contributed by atoms with van der Waals surface area (Å²) in [6.07, 6.45) is 1.37. The molecule has 0 bridgehead atoms. The number of aromatic nitrogens is 3. The number of amides is 2. The first-order chi connectivity index (χ1) is 8.56. The van der Waals surface area contributed by atoms with Crippen LogP contribution in [-0.4, -0.2) is 20.8 Å². The molecule has 7 nitrogen and oxygen atoms in total. The fraction of sp³-hybridized carbons (Fsp3) is 0.364. The lowest BCUT2D eigenvalue weighted by Crippen LogP contribution is -2.31. The molecule has 0 saturated heterocycles. The summed E-state index contributed by atoms with van der Waals surface area (Å²) in [7, 11) is 1.70. The lowest BCUT2D eigenvalue weighted by molar-refractivity contribution is 0.247. The lowest BCUT2D eigenvalue weighted by atomic mass is 10.2. The highest BCUT2D eigenvalue weighted by molar-refractivity contribution is 5.87. The molecule has 2 heterocycles. The quantitative estimate of drug-likeness (QED) is 0.865. The van der Waals surface area contributed by atoms with Crippen molar-refractivity contribution in [1.29, 1.82) is 0 Å². The molecule has 0 fully saturated rings. The van der Waals surface area contributed by atoms with E-state index in [9.17, 15) is 4.79 Å². The maximum atomic E-state index is 11.7. The van der Waals surface area contributed by atoms with E-state index in [0.717, 1.165) is 5.76 Å². The highest BCUT2D eigenvalue weighted by Gasteiger charge is 2.13. The van der Waals surface area contributed by atoms with Gasteiger partial charge in [-0.15, -0.1) is 0 Å². The molecule has 2 amide bonds. The summed E-state index contributed by atoms with van der Waals surface area (Å²) in [5.74, 6) is 1.91. The minimum Gasteiger partial charge on any atom is -0.464 e. The lowest BCUT2D eigenvalue weighted by Gasteiger charge is -2.11. The topological polar surface area (TPSA) is 85.0 Å². The van der Waals surface area contributed by atoms with Gasteiger partial charge < -0.3 is 9.73 Å². The standard InChI is InChI=1S/C11H15N5O2/c1-7-4-5-9(18-7)8(2)14-11(17)15-10-12-6-13-16(10)3/h4-6,8H,1-3H3,(H2,12,13,14,15,17)/t8-/m1/s1. The summed E-state index contributed by atoms with van der Waals surface area (Å²) < 4.78 is 6.90. The van der Waals surface area contributed by atoms with E-state index in [0.29, 0.717) is 11.7 Å². The Balaban J connectivity index is 1.93. The van der Waals surface area contributed by atoms with Gasteiger partial charge in [0.05, 0.1) is 6.04 Å². The fourth-order valence-corrected chi connectivity index (χ4v) is 1.50. The van der Waals surface area contributed by atoms with E-state index in [1.165, 1.54) is 11.0 Å². The van der Waals surface area contributed by atoms with E-state index in [2.05, 4.69) is 20.7 Å². The average molecular weight is 249 g/mol. The Morgan fingerprint density at radius 2 is 2.28 bits per heavy atom. The molecule has 2 aromatic rings. The van der Waals surface area contributed by atoms with Crippen molar-refractivity contribution in [3.8, 4) is 0 Å². The normalized spacial score (nSPS) is 12.2. The molecule has 0 aromatic carbocycles. The van der Waals surface area contributed by atoms with Crippen molar-refractivity contribution in [2.24, 2.45) is 7.05 Å². The number of aryl methyl sites for hydroxylation is 2. The first-order valence-electron chi connectivity index (χ1n) is 5.54. The highest BCUT2D eigenvalue weighted by Crippen LogP contribution is 2.15. The number of carbonyl (C=O) groups excluding carboxylic acids is 1. The minimum absolute atomic E-state index is 0.216. The van der Waals surface area contributed by atoms with Crippen molar-refractivity contribution < 1.29 is 9.21 Å². The van der Waals surface area contributed by atoms with Crippen molar-refractivity contribution >= 4 is 12.0 Å². The van der Waals surface area contributed by atoms with Gasteiger partial charge in [0.2, 0.25) is 5.95 Å². The minimum atomic E-state index is -0.354. The number of hydrogen-bond acceptors (Lipinski definition) is 4. The van der Waals surface area contributed by atoms with Crippen LogP contribution in [0.4, 0.5) is 10.7 Å². The number of nitrogens with zero attached hydrogens (tertiary/aromatic N) is 3. The summed E-state index contributed by atoms with van der Waals surface area (Å²) in [6, 6.07) is 3.12. The molecular formula is C11H15N5O2. The van der Waals surface area contributed by atoms with E-state index in [-0.39, 0.29) is 12.1 Å². The van der Waals surface area contributed by atoms with Crippen LogP contribution < -0.4 is 10.6 Å². The zero-order valence-electron chi connectivity index (χ0n) is 10.5. The molecule has 0 aliphatic carbocycles.